The molecule has 0 bridgehead atoms. The van der Waals surface area contributed by atoms with Crippen LogP contribution < -0.4 is 15.1 Å². The number of hydrogen-bond donors (Lipinski definition) is 1. The van der Waals surface area contributed by atoms with Crippen LogP contribution in [-0.2, 0) is 9.47 Å². The summed E-state index contributed by atoms with van der Waals surface area (Å²) < 4.78 is 68.0. The first-order chi connectivity index (χ1) is 28.2. The molecule has 2 saturated heterocycles. The van der Waals surface area contributed by atoms with Gasteiger partial charge in [-0.2, -0.15) is 0 Å². The van der Waals surface area contributed by atoms with Gasteiger partial charge in [-0.05, 0) is 61.9 Å². The summed E-state index contributed by atoms with van der Waals surface area (Å²) in [4.78, 5) is 22.1. The molecule has 296 valence electrons. The Kier molecular flexibility index (Phi) is 11.4. The lowest BCUT2D eigenvalue weighted by Crippen LogP contribution is -2.37. The summed E-state index contributed by atoms with van der Waals surface area (Å²) >= 11 is 6.21. The third-order valence-corrected chi connectivity index (χ3v) is 10.7. The highest BCUT2D eigenvalue weighted by Crippen LogP contribution is 2.40. The van der Waals surface area contributed by atoms with Crippen LogP contribution >= 0.6 is 11.6 Å². The van der Waals surface area contributed by atoms with Gasteiger partial charge in [0, 0.05) is 74.1 Å². The number of hydrogen-bond acceptors (Lipinski definition) is 9. The van der Waals surface area contributed by atoms with Crippen molar-refractivity contribution in [2.75, 3.05) is 67.7 Å². The van der Waals surface area contributed by atoms with Crippen LogP contribution in [-0.4, -0.2) is 72.5 Å². The summed E-state index contributed by atoms with van der Waals surface area (Å²) in [6, 6.07) is 21.4. The summed E-state index contributed by atoms with van der Waals surface area (Å²) in [6.45, 7) is 9.35. The van der Waals surface area contributed by atoms with E-state index in [2.05, 4.69) is 53.3 Å². The van der Waals surface area contributed by atoms with Gasteiger partial charge in [-0.15, -0.1) is 0 Å². The zero-order chi connectivity index (χ0) is 40.3. The highest BCUT2D eigenvalue weighted by molar-refractivity contribution is 6.36. The number of benzene rings is 3. The molecule has 14 heteroatoms. The predicted octanol–water partition coefficient (Wildman–Crippen LogP) is 9.84. The monoisotopic (exact) mass is 807 g/mol. The van der Waals surface area contributed by atoms with E-state index in [4.69, 9.17) is 21.1 Å². The van der Waals surface area contributed by atoms with Crippen molar-refractivity contribution in [3.05, 3.63) is 131 Å². The van der Waals surface area contributed by atoms with Gasteiger partial charge in [0.15, 0.2) is 0 Å². The SMILES string of the molecule is Cc1c(-c2ccccn2)nc2cc(F)cc(F)c2c1Cl.Cc1c(-c2ccccn2)nc2cc(F)cc(F)c2c1Nc1cc(N2CCOCC2)ccc1N1CCOCC1. The molecule has 9 nitrogen and oxygen atoms in total. The molecule has 0 spiro atoms. The maximum Gasteiger partial charge on any atom is 0.137 e. The van der Waals surface area contributed by atoms with Crippen molar-refractivity contribution in [2.24, 2.45) is 0 Å². The van der Waals surface area contributed by atoms with E-state index in [9.17, 15) is 13.2 Å². The zero-order valence-electron chi connectivity index (χ0n) is 31.7. The Morgan fingerprint density at radius 3 is 1.72 bits per heavy atom. The Labute approximate surface area is 337 Å². The average molecular weight is 808 g/mol. The molecule has 0 unspecified atom stereocenters. The van der Waals surface area contributed by atoms with Crippen LogP contribution in [0.4, 0.5) is 40.3 Å². The van der Waals surface area contributed by atoms with Gasteiger partial charge in [0.1, 0.15) is 23.3 Å². The van der Waals surface area contributed by atoms with Gasteiger partial charge < -0.3 is 24.6 Å². The van der Waals surface area contributed by atoms with Crippen molar-refractivity contribution in [3.63, 3.8) is 0 Å². The van der Waals surface area contributed by atoms with Crippen molar-refractivity contribution in [1.29, 1.82) is 0 Å². The second kappa shape index (κ2) is 16.9. The first-order valence-electron chi connectivity index (χ1n) is 18.8. The molecule has 0 aliphatic carbocycles. The molecule has 1 N–H and O–H groups in total. The van der Waals surface area contributed by atoms with Gasteiger partial charge >= 0.3 is 0 Å². The quantitative estimate of drug-likeness (QED) is 0.165. The van der Waals surface area contributed by atoms with Gasteiger partial charge in [0.05, 0.1) is 93.1 Å². The van der Waals surface area contributed by atoms with Crippen LogP contribution in [0.3, 0.4) is 0 Å². The number of aromatic nitrogens is 4. The van der Waals surface area contributed by atoms with Crippen LogP contribution in [0.25, 0.3) is 44.6 Å². The smallest absolute Gasteiger partial charge is 0.137 e. The molecule has 2 fully saturated rings. The molecule has 6 heterocycles. The fourth-order valence-electron chi connectivity index (χ4n) is 7.28. The molecular weight excluding hydrogens is 770 g/mol. The molecule has 0 amide bonds. The highest BCUT2D eigenvalue weighted by atomic mass is 35.5. The van der Waals surface area contributed by atoms with E-state index >= 15 is 4.39 Å². The zero-order valence-corrected chi connectivity index (χ0v) is 32.5. The third-order valence-electron chi connectivity index (χ3n) is 10.2. The largest absolute Gasteiger partial charge is 0.378 e. The molecule has 58 heavy (non-hydrogen) atoms. The van der Waals surface area contributed by atoms with Gasteiger partial charge in [0.25, 0.3) is 0 Å². The molecule has 4 aromatic heterocycles. The molecule has 9 rings (SSSR count). The Hall–Kier alpha value is -5.89. The number of anilines is 4. The highest BCUT2D eigenvalue weighted by Gasteiger charge is 2.23. The van der Waals surface area contributed by atoms with E-state index in [0.717, 1.165) is 67.0 Å². The maximum absolute atomic E-state index is 15.4. The molecule has 3 aromatic carbocycles. The lowest BCUT2D eigenvalue weighted by atomic mass is 10.0. The first-order valence-corrected chi connectivity index (χ1v) is 19.2. The van der Waals surface area contributed by atoms with E-state index in [1.807, 2.05) is 31.2 Å². The van der Waals surface area contributed by atoms with Crippen LogP contribution in [0.1, 0.15) is 11.1 Å². The standard InChI is InChI=1S/C29H29F2N5O2.C15H9ClF2N2/c1-19-28(23-4-2-3-7-32-23)34-25-17-20(30)16-22(31)27(25)29(19)33-24-18-21(35-8-12-37-13-9-35)5-6-26(24)36-10-14-38-15-11-36;1-8-14(16)13-10(18)6-9(17)7-12(13)20-15(8)11-4-2-3-5-19-11/h2-7,16-18H,8-15H2,1H3,(H,33,34);2-7H,1H3. The summed E-state index contributed by atoms with van der Waals surface area (Å²) in [7, 11) is 0. The topological polar surface area (TPSA) is 88.5 Å². The molecule has 0 saturated carbocycles. The Morgan fingerprint density at radius 2 is 1.16 bits per heavy atom. The molecule has 0 radical (unpaired) electrons. The van der Waals surface area contributed by atoms with Gasteiger partial charge in [-0.3, -0.25) is 9.97 Å². The minimum Gasteiger partial charge on any atom is -0.378 e. The molecule has 2 aliphatic heterocycles. The number of ether oxygens (including phenoxy) is 2. The summed E-state index contributed by atoms with van der Waals surface area (Å²) in [6.07, 6.45) is 3.31. The van der Waals surface area contributed by atoms with Crippen molar-refractivity contribution in [2.45, 2.75) is 13.8 Å². The minimum absolute atomic E-state index is 0.130. The number of nitrogens with zero attached hydrogens (tertiary/aromatic N) is 6. The van der Waals surface area contributed by atoms with E-state index in [1.165, 1.54) is 6.07 Å². The Morgan fingerprint density at radius 1 is 0.621 bits per heavy atom. The molecular formula is C44H38ClF4N7O2. The second-order valence-electron chi connectivity index (χ2n) is 13.9. The average Bonchev–Trinajstić information content (AvgIpc) is 3.24. The number of halogens is 5. The van der Waals surface area contributed by atoms with Gasteiger partial charge in [0.2, 0.25) is 0 Å². The number of rotatable bonds is 6. The van der Waals surface area contributed by atoms with Crippen molar-refractivity contribution < 1.29 is 27.0 Å². The maximum atomic E-state index is 15.4. The predicted molar refractivity (Wildman–Crippen MR) is 220 cm³/mol. The fourth-order valence-corrected chi connectivity index (χ4v) is 7.56. The van der Waals surface area contributed by atoms with E-state index < -0.39 is 23.3 Å². The van der Waals surface area contributed by atoms with Crippen LogP contribution in [0.5, 0.6) is 0 Å². The summed E-state index contributed by atoms with van der Waals surface area (Å²) in [5.41, 5.74) is 7.52. The number of nitrogens with one attached hydrogen (secondary N) is 1. The normalized spacial score (nSPS) is 14.4. The number of pyridine rings is 4. The lowest BCUT2D eigenvalue weighted by molar-refractivity contribution is 0.122. The van der Waals surface area contributed by atoms with Crippen LogP contribution in [0.2, 0.25) is 5.02 Å². The molecule has 7 aromatic rings. The Bertz CT molecular complexity index is 2610. The van der Waals surface area contributed by atoms with Crippen LogP contribution in [0, 0.1) is 37.1 Å². The van der Waals surface area contributed by atoms with Gasteiger partial charge in [-0.1, -0.05) is 23.7 Å². The van der Waals surface area contributed by atoms with Crippen molar-refractivity contribution in [1.82, 2.24) is 19.9 Å². The molecule has 0 atom stereocenters. The number of fused-ring (bicyclic) bond motifs is 2. The van der Waals surface area contributed by atoms with E-state index in [0.29, 0.717) is 60.5 Å². The summed E-state index contributed by atoms with van der Waals surface area (Å²) in [5, 5.41) is 4.16. The third kappa shape index (κ3) is 7.97. The first kappa shape index (κ1) is 39.0. The second-order valence-corrected chi connectivity index (χ2v) is 14.3. The van der Waals surface area contributed by atoms with Crippen molar-refractivity contribution in [3.8, 4) is 22.8 Å². The lowest BCUT2D eigenvalue weighted by Gasteiger charge is -2.33. The van der Waals surface area contributed by atoms with Crippen LogP contribution in [0.15, 0.2) is 91.3 Å². The minimum atomic E-state index is -0.715. The van der Waals surface area contributed by atoms with E-state index in [1.54, 1.807) is 31.5 Å². The van der Waals surface area contributed by atoms with Crippen molar-refractivity contribution >= 4 is 56.2 Å². The Balaban J connectivity index is 0.000000197. The van der Waals surface area contributed by atoms with Gasteiger partial charge in [-0.25, -0.2) is 27.5 Å². The fraction of sp³-hybridized carbons (Fsp3) is 0.227. The number of morpholine rings is 2. The molecule has 2 aliphatic rings. The summed E-state index contributed by atoms with van der Waals surface area (Å²) in [5.74, 6) is -2.74. The van der Waals surface area contributed by atoms with E-state index in [-0.39, 0.29) is 26.8 Å².